The van der Waals surface area contributed by atoms with Gasteiger partial charge >= 0.3 is 0 Å². The van der Waals surface area contributed by atoms with Crippen LogP contribution in [0.2, 0.25) is 0 Å². The quantitative estimate of drug-likeness (QED) is 0.921. The number of anilines is 1. The number of rotatable bonds is 3. The van der Waals surface area contributed by atoms with Crippen LogP contribution in [0.4, 0.5) is 14.6 Å². The van der Waals surface area contributed by atoms with Crippen molar-refractivity contribution in [3.63, 3.8) is 0 Å². The normalized spacial score (nSPS) is 11.5. The molecule has 1 heterocycles. The van der Waals surface area contributed by atoms with Gasteiger partial charge in [0, 0.05) is 25.4 Å². The van der Waals surface area contributed by atoms with Gasteiger partial charge in [-0.1, -0.05) is 0 Å². The van der Waals surface area contributed by atoms with Gasteiger partial charge in [-0.15, -0.1) is 0 Å². The molecule has 0 aliphatic heterocycles. The van der Waals surface area contributed by atoms with E-state index >= 15 is 0 Å². The number of halogens is 2. The van der Waals surface area contributed by atoms with Gasteiger partial charge in [-0.25, -0.2) is 17.2 Å². The molecule has 5 nitrogen and oxygen atoms in total. The van der Waals surface area contributed by atoms with Crippen LogP contribution in [0.5, 0.6) is 0 Å². The second-order valence-corrected chi connectivity index (χ2v) is 5.21. The summed E-state index contributed by atoms with van der Waals surface area (Å²) in [5.41, 5.74) is 0. The van der Waals surface area contributed by atoms with Crippen LogP contribution in [0.25, 0.3) is 0 Å². The van der Waals surface area contributed by atoms with Crippen LogP contribution < -0.4 is 4.72 Å². The second-order valence-electron chi connectivity index (χ2n) is 3.55. The number of sulfonamides is 1. The lowest BCUT2D eigenvalue weighted by atomic mass is 10.3. The number of nitrogens with one attached hydrogen (secondary N) is 1. The molecule has 0 aliphatic rings. The lowest BCUT2D eigenvalue weighted by Gasteiger charge is -2.06. The highest BCUT2D eigenvalue weighted by molar-refractivity contribution is 7.92. The lowest BCUT2D eigenvalue weighted by molar-refractivity contribution is 0.551. The van der Waals surface area contributed by atoms with E-state index in [4.69, 9.17) is 0 Å². The van der Waals surface area contributed by atoms with E-state index in [1.54, 1.807) is 7.05 Å². The third-order valence-electron chi connectivity index (χ3n) is 2.14. The molecule has 1 aromatic heterocycles. The SMILES string of the molecule is Cn1ccc(NS(=O)(=O)c2ccc(F)cc2F)n1. The molecular weight excluding hydrogens is 264 g/mol. The Kier molecular flexibility index (Phi) is 3.04. The minimum absolute atomic E-state index is 0.0567. The summed E-state index contributed by atoms with van der Waals surface area (Å²) in [5, 5.41) is 3.80. The number of nitrogens with zero attached hydrogens (tertiary/aromatic N) is 2. The van der Waals surface area contributed by atoms with E-state index in [1.807, 2.05) is 0 Å². The van der Waals surface area contributed by atoms with Crippen LogP contribution in [-0.2, 0) is 17.1 Å². The Balaban J connectivity index is 2.36. The standard InChI is InChI=1S/C10H9F2N3O2S/c1-15-5-4-10(13-15)14-18(16,17)9-3-2-7(11)6-8(9)12/h2-6H,1H3,(H,13,14). The summed E-state index contributed by atoms with van der Waals surface area (Å²) >= 11 is 0. The van der Waals surface area contributed by atoms with Gasteiger partial charge in [-0.3, -0.25) is 9.40 Å². The van der Waals surface area contributed by atoms with Crippen molar-refractivity contribution in [3.8, 4) is 0 Å². The largest absolute Gasteiger partial charge is 0.274 e. The van der Waals surface area contributed by atoms with Gasteiger partial charge < -0.3 is 0 Å². The third-order valence-corrected chi connectivity index (χ3v) is 3.52. The fourth-order valence-electron chi connectivity index (χ4n) is 1.36. The molecule has 0 unspecified atom stereocenters. The number of hydrogen-bond acceptors (Lipinski definition) is 3. The van der Waals surface area contributed by atoms with Gasteiger partial charge in [0.15, 0.2) is 5.82 Å². The van der Waals surface area contributed by atoms with Crippen LogP contribution in [0.15, 0.2) is 35.4 Å². The maximum atomic E-state index is 13.4. The number of hydrogen-bond donors (Lipinski definition) is 1. The van der Waals surface area contributed by atoms with E-state index in [1.165, 1.54) is 16.9 Å². The molecule has 0 amide bonds. The summed E-state index contributed by atoms with van der Waals surface area (Å²) in [6.45, 7) is 0. The number of aryl methyl sites for hydroxylation is 1. The molecule has 8 heteroatoms. The molecular formula is C10H9F2N3O2S. The van der Waals surface area contributed by atoms with E-state index in [0.29, 0.717) is 6.07 Å². The zero-order chi connectivity index (χ0) is 13.3. The molecule has 96 valence electrons. The summed E-state index contributed by atoms with van der Waals surface area (Å²) in [6.07, 6.45) is 1.53. The van der Waals surface area contributed by atoms with Crippen molar-refractivity contribution in [2.24, 2.45) is 7.05 Å². The minimum Gasteiger partial charge on any atom is -0.274 e. The van der Waals surface area contributed by atoms with Gasteiger partial charge in [0.05, 0.1) is 0 Å². The Morgan fingerprint density at radius 2 is 2.00 bits per heavy atom. The molecule has 1 N–H and O–H groups in total. The molecule has 0 spiro atoms. The Hall–Kier alpha value is -1.96. The average molecular weight is 273 g/mol. The highest BCUT2D eigenvalue weighted by Gasteiger charge is 2.20. The summed E-state index contributed by atoms with van der Waals surface area (Å²) < 4.78 is 53.2. The Morgan fingerprint density at radius 3 is 2.56 bits per heavy atom. The lowest BCUT2D eigenvalue weighted by Crippen LogP contribution is -2.15. The summed E-state index contributed by atoms with van der Waals surface area (Å²) in [6, 6.07) is 3.65. The predicted octanol–water partition coefficient (Wildman–Crippen LogP) is 1.50. The highest BCUT2D eigenvalue weighted by Crippen LogP contribution is 2.18. The fourth-order valence-corrected chi connectivity index (χ4v) is 2.41. The first kappa shape index (κ1) is 12.5. The average Bonchev–Trinajstić information content (AvgIpc) is 2.62. The zero-order valence-electron chi connectivity index (χ0n) is 9.26. The van der Waals surface area contributed by atoms with Crippen LogP contribution >= 0.6 is 0 Å². The van der Waals surface area contributed by atoms with Crippen molar-refractivity contribution in [3.05, 3.63) is 42.1 Å². The Morgan fingerprint density at radius 1 is 1.28 bits per heavy atom. The van der Waals surface area contributed by atoms with Crippen LogP contribution in [0.3, 0.4) is 0 Å². The summed E-state index contributed by atoms with van der Waals surface area (Å²) in [5.74, 6) is -1.94. The topological polar surface area (TPSA) is 64.0 Å². The predicted molar refractivity (Wildman–Crippen MR) is 60.4 cm³/mol. The first-order valence-corrected chi connectivity index (χ1v) is 6.34. The van der Waals surface area contributed by atoms with E-state index in [2.05, 4.69) is 9.82 Å². The maximum Gasteiger partial charge on any atom is 0.266 e. The van der Waals surface area contributed by atoms with E-state index in [-0.39, 0.29) is 5.82 Å². The Labute approximate surface area is 102 Å². The van der Waals surface area contributed by atoms with Crippen molar-refractivity contribution in [1.29, 1.82) is 0 Å². The minimum atomic E-state index is -4.11. The van der Waals surface area contributed by atoms with Gasteiger partial charge in [0.2, 0.25) is 0 Å². The summed E-state index contributed by atoms with van der Waals surface area (Å²) in [4.78, 5) is -0.630. The Bertz CT molecular complexity index is 682. The number of aromatic nitrogens is 2. The molecule has 1 aromatic carbocycles. The molecule has 0 aliphatic carbocycles. The molecule has 18 heavy (non-hydrogen) atoms. The summed E-state index contributed by atoms with van der Waals surface area (Å²) in [7, 11) is -2.51. The fraction of sp³-hybridized carbons (Fsp3) is 0.100. The molecule has 0 fully saturated rings. The molecule has 0 saturated carbocycles. The van der Waals surface area contributed by atoms with Crippen molar-refractivity contribution in [1.82, 2.24) is 9.78 Å². The molecule has 0 bridgehead atoms. The molecule has 0 saturated heterocycles. The molecule has 0 radical (unpaired) electrons. The van der Waals surface area contributed by atoms with Crippen molar-refractivity contribution in [2.45, 2.75) is 4.90 Å². The van der Waals surface area contributed by atoms with Crippen LogP contribution in [-0.4, -0.2) is 18.2 Å². The monoisotopic (exact) mass is 273 g/mol. The highest BCUT2D eigenvalue weighted by atomic mass is 32.2. The van der Waals surface area contributed by atoms with Gasteiger partial charge in [-0.05, 0) is 12.1 Å². The van der Waals surface area contributed by atoms with E-state index < -0.39 is 26.6 Å². The first-order chi connectivity index (χ1) is 8.38. The third kappa shape index (κ3) is 2.48. The van der Waals surface area contributed by atoms with Gasteiger partial charge in [0.25, 0.3) is 10.0 Å². The zero-order valence-corrected chi connectivity index (χ0v) is 10.1. The molecule has 2 rings (SSSR count). The first-order valence-electron chi connectivity index (χ1n) is 4.86. The maximum absolute atomic E-state index is 13.4. The van der Waals surface area contributed by atoms with E-state index in [0.717, 1.165) is 12.1 Å². The molecule has 0 atom stereocenters. The van der Waals surface area contributed by atoms with Gasteiger partial charge in [-0.2, -0.15) is 5.10 Å². The smallest absolute Gasteiger partial charge is 0.266 e. The van der Waals surface area contributed by atoms with Crippen molar-refractivity contribution < 1.29 is 17.2 Å². The molecule has 2 aromatic rings. The van der Waals surface area contributed by atoms with Gasteiger partial charge in [0.1, 0.15) is 16.5 Å². The van der Waals surface area contributed by atoms with Crippen molar-refractivity contribution >= 4 is 15.8 Å². The van der Waals surface area contributed by atoms with Crippen LogP contribution in [0, 0.1) is 11.6 Å². The second kappa shape index (κ2) is 4.37. The number of benzene rings is 1. The van der Waals surface area contributed by atoms with Crippen LogP contribution in [0.1, 0.15) is 0 Å². The van der Waals surface area contributed by atoms with Crippen molar-refractivity contribution in [2.75, 3.05) is 4.72 Å². The van der Waals surface area contributed by atoms with E-state index in [9.17, 15) is 17.2 Å².